The monoisotopic (exact) mass is 567 g/mol. The number of nitrogens with zero attached hydrogens (tertiary/aromatic N) is 3. The summed E-state index contributed by atoms with van der Waals surface area (Å²) in [7, 11) is 0. The van der Waals surface area contributed by atoms with Crippen molar-refractivity contribution in [2.45, 2.75) is 50.9 Å². The SMILES string of the molecule is CC(C)(C)OC(=O)NC1=NC(C)(c2nc(NC(=O)c3ncc(C(F)(F)F)cc3Cl)ccc2F)C(F)(F)CO1. The van der Waals surface area contributed by atoms with Crippen LogP contribution in [-0.2, 0) is 21.2 Å². The van der Waals surface area contributed by atoms with Crippen LogP contribution in [0.3, 0.4) is 0 Å². The zero-order chi connectivity index (χ0) is 28.7. The van der Waals surface area contributed by atoms with Crippen molar-refractivity contribution in [1.29, 1.82) is 0 Å². The average molecular weight is 568 g/mol. The molecule has 9 nitrogen and oxygen atoms in total. The smallest absolute Gasteiger partial charge is 0.417 e. The van der Waals surface area contributed by atoms with Crippen molar-refractivity contribution >= 4 is 35.4 Å². The van der Waals surface area contributed by atoms with Gasteiger partial charge in [0.25, 0.3) is 11.9 Å². The van der Waals surface area contributed by atoms with Gasteiger partial charge in [0.05, 0.1) is 10.6 Å². The van der Waals surface area contributed by atoms with Gasteiger partial charge in [0.1, 0.15) is 28.6 Å². The van der Waals surface area contributed by atoms with Crippen LogP contribution in [-0.4, -0.2) is 46.1 Å². The summed E-state index contributed by atoms with van der Waals surface area (Å²) in [6.07, 6.45) is -5.46. The fraction of sp³-hybridized carbons (Fsp3) is 0.409. The molecule has 0 aromatic carbocycles. The van der Waals surface area contributed by atoms with Crippen LogP contribution in [0.1, 0.15) is 49.4 Å². The van der Waals surface area contributed by atoms with E-state index in [1.807, 2.05) is 0 Å². The van der Waals surface area contributed by atoms with E-state index in [9.17, 15) is 35.9 Å². The van der Waals surface area contributed by atoms with Crippen LogP contribution in [0.25, 0.3) is 0 Å². The first-order valence-electron chi connectivity index (χ1n) is 10.6. The molecule has 1 aliphatic rings. The van der Waals surface area contributed by atoms with E-state index >= 15 is 0 Å². The topological polar surface area (TPSA) is 115 Å². The lowest BCUT2D eigenvalue weighted by atomic mass is 9.89. The van der Waals surface area contributed by atoms with Gasteiger partial charge in [-0.2, -0.15) is 22.0 Å². The van der Waals surface area contributed by atoms with Crippen molar-refractivity contribution in [3.05, 3.63) is 52.2 Å². The first-order valence-corrected chi connectivity index (χ1v) is 11.0. The normalized spacial score (nSPS) is 19.2. The maximum Gasteiger partial charge on any atom is 0.417 e. The molecule has 1 atom stereocenters. The highest BCUT2D eigenvalue weighted by atomic mass is 35.5. The molecular weight excluding hydrogens is 548 g/mol. The van der Waals surface area contributed by atoms with Gasteiger partial charge in [0, 0.05) is 6.20 Å². The summed E-state index contributed by atoms with van der Waals surface area (Å²) < 4.78 is 93.0. The number of amides is 2. The molecule has 0 saturated heterocycles. The second-order valence-corrected chi connectivity index (χ2v) is 9.55. The highest BCUT2D eigenvalue weighted by molar-refractivity contribution is 6.34. The molecule has 0 bridgehead atoms. The molecule has 0 spiro atoms. The van der Waals surface area contributed by atoms with Gasteiger partial charge in [-0.25, -0.2) is 29.5 Å². The molecule has 38 heavy (non-hydrogen) atoms. The Bertz CT molecular complexity index is 1300. The van der Waals surface area contributed by atoms with Crippen LogP contribution in [0.2, 0.25) is 5.02 Å². The molecule has 0 aliphatic carbocycles. The van der Waals surface area contributed by atoms with E-state index in [4.69, 9.17) is 21.1 Å². The van der Waals surface area contributed by atoms with E-state index in [0.29, 0.717) is 18.3 Å². The predicted molar refractivity (Wildman–Crippen MR) is 121 cm³/mol. The Kier molecular flexibility index (Phi) is 7.56. The number of carbonyl (C=O) groups is 2. The molecule has 2 N–H and O–H groups in total. The minimum Gasteiger partial charge on any atom is -0.458 e. The first kappa shape index (κ1) is 28.9. The second-order valence-electron chi connectivity index (χ2n) is 9.14. The molecule has 2 amide bonds. The van der Waals surface area contributed by atoms with E-state index in [1.54, 1.807) is 20.8 Å². The van der Waals surface area contributed by atoms with Crippen molar-refractivity contribution in [1.82, 2.24) is 15.3 Å². The Morgan fingerprint density at radius 1 is 1.16 bits per heavy atom. The summed E-state index contributed by atoms with van der Waals surface area (Å²) in [6, 6.07) is 1.42. The number of alkyl halides is 5. The molecule has 0 radical (unpaired) electrons. The van der Waals surface area contributed by atoms with Gasteiger partial charge in [-0.3, -0.25) is 4.79 Å². The molecule has 1 unspecified atom stereocenters. The van der Waals surface area contributed by atoms with E-state index in [0.717, 1.165) is 13.0 Å². The van der Waals surface area contributed by atoms with Crippen molar-refractivity contribution in [3.8, 4) is 0 Å². The zero-order valence-electron chi connectivity index (χ0n) is 20.1. The molecule has 0 fully saturated rings. The summed E-state index contributed by atoms with van der Waals surface area (Å²) >= 11 is 5.75. The lowest BCUT2D eigenvalue weighted by Crippen LogP contribution is -2.53. The number of ether oxygens (including phenoxy) is 2. The third kappa shape index (κ3) is 6.26. The molecule has 0 saturated carbocycles. The van der Waals surface area contributed by atoms with Crippen LogP contribution in [0.4, 0.5) is 37.0 Å². The van der Waals surface area contributed by atoms with Gasteiger partial charge >= 0.3 is 18.2 Å². The lowest BCUT2D eigenvalue weighted by molar-refractivity contribution is -0.137. The first-order chi connectivity index (χ1) is 17.3. The fourth-order valence-electron chi connectivity index (χ4n) is 3.09. The van der Waals surface area contributed by atoms with E-state index in [2.05, 4.69) is 25.6 Å². The molecule has 206 valence electrons. The van der Waals surface area contributed by atoms with Crippen LogP contribution in [0, 0.1) is 5.82 Å². The standard InChI is InChI=1S/C22H20ClF6N5O4/c1-19(2,3)38-18(36)33-17-34-20(4,21(25,26)9-37-17)15-12(24)5-6-13(31-15)32-16(35)14-11(23)7-10(8-30-14)22(27,28)29/h5-8H,9H2,1-4H3,(H,31,32,35)(H,33,34,36). The average Bonchev–Trinajstić information content (AvgIpc) is 2.75. The predicted octanol–water partition coefficient (Wildman–Crippen LogP) is 5.30. The van der Waals surface area contributed by atoms with Crippen molar-refractivity contribution < 1.29 is 45.4 Å². The van der Waals surface area contributed by atoms with Gasteiger partial charge in [-0.1, -0.05) is 11.6 Å². The molecule has 2 aromatic rings. The van der Waals surface area contributed by atoms with E-state index < -0.39 is 81.5 Å². The van der Waals surface area contributed by atoms with Crippen LogP contribution >= 0.6 is 11.6 Å². The molecule has 16 heteroatoms. The summed E-state index contributed by atoms with van der Waals surface area (Å²) in [5.41, 5.74) is -6.43. The van der Waals surface area contributed by atoms with Gasteiger partial charge in [-0.15, -0.1) is 0 Å². The Morgan fingerprint density at radius 3 is 2.39 bits per heavy atom. The quantitative estimate of drug-likeness (QED) is 0.486. The minimum atomic E-state index is -4.76. The second kappa shape index (κ2) is 9.93. The van der Waals surface area contributed by atoms with Crippen LogP contribution in [0.15, 0.2) is 29.4 Å². The summed E-state index contributed by atoms with van der Waals surface area (Å²) in [6.45, 7) is 4.18. The van der Waals surface area contributed by atoms with Gasteiger partial charge in [0.15, 0.2) is 12.1 Å². The molecular formula is C22H20ClF6N5O4. The van der Waals surface area contributed by atoms with E-state index in [1.165, 1.54) is 0 Å². The number of hydrogen-bond acceptors (Lipinski definition) is 7. The van der Waals surface area contributed by atoms with Crippen molar-refractivity contribution in [2.24, 2.45) is 4.99 Å². The number of alkyl carbamates (subject to hydrolysis) is 1. The molecule has 1 aliphatic heterocycles. The van der Waals surface area contributed by atoms with E-state index in [-0.39, 0.29) is 0 Å². The maximum atomic E-state index is 15.0. The Labute approximate surface area is 216 Å². The fourth-order valence-corrected chi connectivity index (χ4v) is 3.34. The number of pyridine rings is 2. The number of carbonyl (C=O) groups excluding carboxylic acids is 2. The zero-order valence-corrected chi connectivity index (χ0v) is 20.9. The highest BCUT2D eigenvalue weighted by Crippen LogP contribution is 2.44. The van der Waals surface area contributed by atoms with Crippen molar-refractivity contribution in [3.63, 3.8) is 0 Å². The number of anilines is 1. The number of halogens is 7. The number of aromatic nitrogens is 2. The maximum absolute atomic E-state index is 15.0. The Balaban J connectivity index is 1.93. The van der Waals surface area contributed by atoms with Crippen molar-refractivity contribution in [2.75, 3.05) is 11.9 Å². The lowest BCUT2D eigenvalue weighted by Gasteiger charge is -2.37. The molecule has 2 aromatic heterocycles. The number of amidine groups is 1. The summed E-state index contributed by atoms with van der Waals surface area (Å²) in [5.74, 6) is -6.70. The van der Waals surface area contributed by atoms with Crippen LogP contribution in [0.5, 0.6) is 0 Å². The number of aliphatic imine (C=N–C) groups is 1. The number of nitrogens with one attached hydrogen (secondary N) is 2. The summed E-state index contributed by atoms with van der Waals surface area (Å²) in [4.78, 5) is 35.4. The van der Waals surface area contributed by atoms with Gasteiger partial charge in [0.2, 0.25) is 0 Å². The summed E-state index contributed by atoms with van der Waals surface area (Å²) in [5, 5.41) is 3.53. The molecule has 3 rings (SSSR count). The largest absolute Gasteiger partial charge is 0.458 e. The van der Waals surface area contributed by atoms with Gasteiger partial charge in [-0.05, 0) is 45.9 Å². The van der Waals surface area contributed by atoms with Gasteiger partial charge < -0.3 is 14.8 Å². The Morgan fingerprint density at radius 2 is 1.82 bits per heavy atom. The third-order valence-corrected chi connectivity index (χ3v) is 5.26. The number of rotatable bonds is 3. The third-order valence-electron chi connectivity index (χ3n) is 4.97. The Hall–Kier alpha value is -3.62. The van der Waals surface area contributed by atoms with Crippen LogP contribution < -0.4 is 10.6 Å². The minimum absolute atomic E-state index is 0.377. The highest BCUT2D eigenvalue weighted by Gasteiger charge is 2.58. The molecule has 3 heterocycles. The number of hydrogen-bond donors (Lipinski definition) is 2.